The maximum absolute atomic E-state index is 6.07. The predicted molar refractivity (Wildman–Crippen MR) is 140 cm³/mol. The Hall–Kier alpha value is -4.04. The molecule has 0 aliphatic heterocycles. The highest BCUT2D eigenvalue weighted by atomic mass is 16.5. The molecule has 0 atom stereocenters. The molecule has 33 heavy (non-hydrogen) atoms. The molecule has 0 aromatic heterocycles. The lowest BCUT2D eigenvalue weighted by molar-refractivity contribution is 0.306. The molecule has 0 aliphatic rings. The van der Waals surface area contributed by atoms with Crippen molar-refractivity contribution in [2.75, 3.05) is 18.0 Å². The lowest BCUT2D eigenvalue weighted by Crippen LogP contribution is -2.23. The standard InChI is InChI=1S/C31H29NO/c1-4-13-27(14-5-1)19-11-23-32(24-12-20-28-15-6-2-7-16-28)30-21-10-22-31(25-30)33-26-29-17-8-3-9-18-29/h1-22,25H,23-24,26H2/b19-11+,20-12+. The van der Waals surface area contributed by atoms with Gasteiger partial charge in [0.2, 0.25) is 0 Å². The summed E-state index contributed by atoms with van der Waals surface area (Å²) in [4.78, 5) is 2.34. The Morgan fingerprint density at radius 3 is 1.70 bits per heavy atom. The van der Waals surface area contributed by atoms with E-state index in [1.165, 1.54) is 11.1 Å². The van der Waals surface area contributed by atoms with E-state index < -0.39 is 0 Å². The molecule has 2 heteroatoms. The van der Waals surface area contributed by atoms with Crippen LogP contribution in [0.4, 0.5) is 5.69 Å². The van der Waals surface area contributed by atoms with Gasteiger partial charge in [-0.1, -0.05) is 121 Å². The van der Waals surface area contributed by atoms with Crippen LogP contribution >= 0.6 is 0 Å². The molecule has 4 rings (SSSR count). The lowest BCUT2D eigenvalue weighted by Gasteiger charge is -2.22. The second-order valence-corrected chi connectivity index (χ2v) is 7.80. The molecule has 0 radical (unpaired) electrons. The SMILES string of the molecule is C(=C\c1ccccc1)/CN(C/C=C/c1ccccc1)c1cccc(OCc2ccccc2)c1. The minimum atomic E-state index is 0.562. The van der Waals surface area contributed by atoms with E-state index >= 15 is 0 Å². The third-order valence-corrected chi connectivity index (χ3v) is 5.30. The van der Waals surface area contributed by atoms with E-state index in [9.17, 15) is 0 Å². The number of benzene rings is 4. The zero-order valence-corrected chi connectivity index (χ0v) is 18.8. The smallest absolute Gasteiger partial charge is 0.121 e. The first-order valence-electron chi connectivity index (χ1n) is 11.3. The summed E-state index contributed by atoms with van der Waals surface area (Å²) in [5, 5.41) is 0. The zero-order chi connectivity index (χ0) is 22.6. The predicted octanol–water partition coefficient (Wildman–Crippen LogP) is 7.50. The van der Waals surface area contributed by atoms with Crippen molar-refractivity contribution in [3.8, 4) is 5.75 Å². The molecule has 4 aromatic rings. The van der Waals surface area contributed by atoms with Crippen molar-refractivity contribution in [3.63, 3.8) is 0 Å². The highest BCUT2D eigenvalue weighted by Crippen LogP contribution is 2.22. The molecule has 0 amide bonds. The molecule has 0 saturated heterocycles. The van der Waals surface area contributed by atoms with Gasteiger partial charge in [0, 0.05) is 24.8 Å². The van der Waals surface area contributed by atoms with Crippen LogP contribution in [0.25, 0.3) is 12.2 Å². The molecular formula is C31H29NO. The number of hydrogen-bond donors (Lipinski definition) is 0. The van der Waals surface area contributed by atoms with Gasteiger partial charge in [-0.2, -0.15) is 0 Å². The molecule has 0 heterocycles. The van der Waals surface area contributed by atoms with Gasteiger partial charge in [0.05, 0.1) is 0 Å². The minimum Gasteiger partial charge on any atom is -0.489 e. The molecular weight excluding hydrogens is 402 g/mol. The van der Waals surface area contributed by atoms with E-state index in [0.717, 1.165) is 30.1 Å². The normalized spacial score (nSPS) is 11.2. The van der Waals surface area contributed by atoms with Crippen LogP contribution in [-0.4, -0.2) is 13.1 Å². The molecule has 0 N–H and O–H groups in total. The van der Waals surface area contributed by atoms with E-state index in [1.54, 1.807) is 0 Å². The average Bonchev–Trinajstić information content (AvgIpc) is 2.89. The van der Waals surface area contributed by atoms with Gasteiger partial charge >= 0.3 is 0 Å². The third-order valence-electron chi connectivity index (χ3n) is 5.30. The summed E-state index contributed by atoms with van der Waals surface area (Å²) < 4.78 is 6.07. The van der Waals surface area contributed by atoms with Gasteiger partial charge in [-0.05, 0) is 28.8 Å². The Bertz CT molecular complexity index is 1100. The van der Waals surface area contributed by atoms with Crippen molar-refractivity contribution in [2.24, 2.45) is 0 Å². The van der Waals surface area contributed by atoms with Gasteiger partial charge in [-0.25, -0.2) is 0 Å². The van der Waals surface area contributed by atoms with E-state index in [1.807, 2.05) is 36.4 Å². The first kappa shape index (κ1) is 22.2. The number of hydrogen-bond acceptors (Lipinski definition) is 2. The van der Waals surface area contributed by atoms with Crippen molar-refractivity contribution < 1.29 is 4.74 Å². The number of nitrogens with zero attached hydrogens (tertiary/aromatic N) is 1. The van der Waals surface area contributed by atoms with Crippen LogP contribution < -0.4 is 9.64 Å². The van der Waals surface area contributed by atoms with Gasteiger partial charge < -0.3 is 9.64 Å². The van der Waals surface area contributed by atoms with Gasteiger partial charge in [0.15, 0.2) is 0 Å². The van der Waals surface area contributed by atoms with Crippen LogP contribution in [0.15, 0.2) is 127 Å². The molecule has 0 aliphatic carbocycles. The molecule has 0 bridgehead atoms. The Morgan fingerprint density at radius 2 is 1.12 bits per heavy atom. The van der Waals surface area contributed by atoms with Crippen LogP contribution in [0.5, 0.6) is 5.75 Å². The van der Waals surface area contributed by atoms with Crippen molar-refractivity contribution in [2.45, 2.75) is 6.61 Å². The quantitative estimate of drug-likeness (QED) is 0.258. The van der Waals surface area contributed by atoms with Crippen molar-refractivity contribution in [3.05, 3.63) is 144 Å². The fourth-order valence-electron chi connectivity index (χ4n) is 3.56. The summed E-state index contributed by atoms with van der Waals surface area (Å²) >= 11 is 0. The van der Waals surface area contributed by atoms with E-state index in [0.29, 0.717) is 6.61 Å². The lowest BCUT2D eigenvalue weighted by atomic mass is 10.2. The third kappa shape index (κ3) is 7.26. The molecule has 0 saturated carbocycles. The largest absolute Gasteiger partial charge is 0.489 e. The van der Waals surface area contributed by atoms with Gasteiger partial charge in [0.1, 0.15) is 12.4 Å². The maximum Gasteiger partial charge on any atom is 0.121 e. The fourth-order valence-corrected chi connectivity index (χ4v) is 3.56. The van der Waals surface area contributed by atoms with Crippen molar-refractivity contribution in [1.82, 2.24) is 0 Å². The summed E-state index contributed by atoms with van der Waals surface area (Å²) in [7, 11) is 0. The molecule has 4 aromatic carbocycles. The van der Waals surface area contributed by atoms with Crippen LogP contribution in [-0.2, 0) is 6.61 Å². The molecule has 2 nitrogen and oxygen atoms in total. The summed E-state index contributed by atoms with van der Waals surface area (Å²) in [6.07, 6.45) is 8.76. The highest BCUT2D eigenvalue weighted by molar-refractivity contribution is 5.56. The number of ether oxygens (including phenoxy) is 1. The first-order valence-corrected chi connectivity index (χ1v) is 11.3. The monoisotopic (exact) mass is 431 g/mol. The van der Waals surface area contributed by atoms with Crippen molar-refractivity contribution in [1.29, 1.82) is 0 Å². The van der Waals surface area contributed by atoms with Gasteiger partial charge in [0.25, 0.3) is 0 Å². The maximum atomic E-state index is 6.07. The minimum absolute atomic E-state index is 0.562. The highest BCUT2D eigenvalue weighted by Gasteiger charge is 2.05. The summed E-state index contributed by atoms with van der Waals surface area (Å²) in [5.74, 6) is 0.875. The number of rotatable bonds is 10. The first-order chi connectivity index (χ1) is 16.4. The molecule has 164 valence electrons. The summed E-state index contributed by atoms with van der Waals surface area (Å²) in [5.41, 5.74) is 4.71. The Labute approximate surface area is 197 Å². The number of anilines is 1. The van der Waals surface area contributed by atoms with E-state index in [-0.39, 0.29) is 0 Å². The topological polar surface area (TPSA) is 12.5 Å². The van der Waals surface area contributed by atoms with E-state index in [2.05, 4.69) is 108 Å². The fraction of sp³-hybridized carbons (Fsp3) is 0.0968. The van der Waals surface area contributed by atoms with Gasteiger partial charge in [-0.3, -0.25) is 0 Å². The molecule has 0 spiro atoms. The van der Waals surface area contributed by atoms with Crippen LogP contribution in [0.2, 0.25) is 0 Å². The Morgan fingerprint density at radius 1 is 0.576 bits per heavy atom. The Balaban J connectivity index is 1.47. The summed E-state index contributed by atoms with van der Waals surface area (Å²) in [6.45, 7) is 2.17. The van der Waals surface area contributed by atoms with Crippen molar-refractivity contribution >= 4 is 17.8 Å². The zero-order valence-electron chi connectivity index (χ0n) is 18.8. The van der Waals surface area contributed by atoms with Crippen LogP contribution in [0.1, 0.15) is 16.7 Å². The van der Waals surface area contributed by atoms with Gasteiger partial charge in [-0.15, -0.1) is 0 Å². The second-order valence-electron chi connectivity index (χ2n) is 7.80. The summed E-state index contributed by atoms with van der Waals surface area (Å²) in [6, 6.07) is 39.4. The molecule has 0 fully saturated rings. The molecule has 0 unspecified atom stereocenters. The average molecular weight is 432 g/mol. The van der Waals surface area contributed by atoms with Crippen LogP contribution in [0.3, 0.4) is 0 Å². The van der Waals surface area contributed by atoms with Crippen LogP contribution in [0, 0.1) is 0 Å². The van der Waals surface area contributed by atoms with E-state index in [4.69, 9.17) is 4.74 Å². The second kappa shape index (κ2) is 12.1. The Kier molecular flexibility index (Phi) is 8.14.